The van der Waals surface area contributed by atoms with Crippen LogP contribution in [-0.4, -0.2) is 24.5 Å². The Hall–Kier alpha value is -1.84. The van der Waals surface area contributed by atoms with Gasteiger partial charge in [-0.25, -0.2) is 0 Å². The van der Waals surface area contributed by atoms with E-state index in [2.05, 4.69) is 35.6 Å². The SMILES string of the molecule is C[C@H](NC(=O)COC(=O)C12C[C@H]3C[C@@H](C1)CC(c1ccccc1)(C3)C2)C1CC1. The minimum absolute atomic E-state index is 0.118. The number of hydrogen-bond donors (Lipinski definition) is 1. The van der Waals surface area contributed by atoms with E-state index in [0.717, 1.165) is 19.3 Å². The van der Waals surface area contributed by atoms with Gasteiger partial charge in [0.05, 0.1) is 5.41 Å². The number of carbonyl (C=O) groups excluding carboxylic acids is 2. The average Bonchev–Trinajstić information content (AvgIpc) is 3.51. The molecule has 0 aliphatic heterocycles. The minimum atomic E-state index is -0.387. The molecule has 4 bridgehead atoms. The number of benzene rings is 1. The molecule has 0 saturated heterocycles. The zero-order valence-corrected chi connectivity index (χ0v) is 16.8. The number of amides is 1. The normalized spacial score (nSPS) is 36.8. The molecule has 5 aliphatic rings. The van der Waals surface area contributed by atoms with E-state index in [1.807, 2.05) is 6.92 Å². The van der Waals surface area contributed by atoms with E-state index in [1.165, 1.54) is 37.7 Å². The van der Waals surface area contributed by atoms with Crippen molar-refractivity contribution in [2.24, 2.45) is 23.2 Å². The lowest BCUT2D eigenvalue weighted by molar-refractivity contribution is -0.175. The highest BCUT2D eigenvalue weighted by Crippen LogP contribution is 2.66. The van der Waals surface area contributed by atoms with Gasteiger partial charge in [0.2, 0.25) is 0 Å². The standard InChI is InChI=1S/C24H31NO3/c1-16(19-7-8-19)25-21(26)14-28-22(27)24-12-17-9-18(13-24)11-23(10-17,15-24)20-5-3-2-4-6-20/h2-6,16-19H,7-15H2,1H3,(H,25,26)/t16-,17-,18+,23?,24?/m0/s1. The van der Waals surface area contributed by atoms with Crippen LogP contribution in [0.3, 0.4) is 0 Å². The van der Waals surface area contributed by atoms with Gasteiger partial charge in [-0.2, -0.15) is 0 Å². The molecule has 150 valence electrons. The van der Waals surface area contributed by atoms with Crippen molar-refractivity contribution >= 4 is 11.9 Å². The quantitative estimate of drug-likeness (QED) is 0.758. The van der Waals surface area contributed by atoms with Crippen LogP contribution in [0.5, 0.6) is 0 Å². The van der Waals surface area contributed by atoms with Crippen LogP contribution in [0.15, 0.2) is 30.3 Å². The summed E-state index contributed by atoms with van der Waals surface area (Å²) in [5.74, 6) is 1.54. The summed E-state index contributed by atoms with van der Waals surface area (Å²) >= 11 is 0. The molecule has 28 heavy (non-hydrogen) atoms. The van der Waals surface area contributed by atoms with Crippen LogP contribution in [0, 0.1) is 23.2 Å². The van der Waals surface area contributed by atoms with Crippen LogP contribution >= 0.6 is 0 Å². The van der Waals surface area contributed by atoms with E-state index in [0.29, 0.717) is 17.8 Å². The van der Waals surface area contributed by atoms with Crippen LogP contribution in [0.1, 0.15) is 63.9 Å². The van der Waals surface area contributed by atoms with Crippen LogP contribution in [0.25, 0.3) is 0 Å². The molecule has 1 N–H and O–H groups in total. The molecule has 0 radical (unpaired) electrons. The van der Waals surface area contributed by atoms with E-state index >= 15 is 0 Å². The monoisotopic (exact) mass is 381 g/mol. The second-order valence-electron chi connectivity index (χ2n) is 10.2. The minimum Gasteiger partial charge on any atom is -0.455 e. The highest BCUT2D eigenvalue weighted by molar-refractivity contribution is 5.83. The highest BCUT2D eigenvalue weighted by atomic mass is 16.5. The molecular formula is C24H31NO3. The molecule has 0 aromatic heterocycles. The van der Waals surface area contributed by atoms with Gasteiger partial charge in [0.1, 0.15) is 0 Å². The molecule has 5 saturated carbocycles. The molecule has 5 aliphatic carbocycles. The van der Waals surface area contributed by atoms with E-state index in [1.54, 1.807) is 0 Å². The predicted octanol–water partition coefficient (Wildman–Crippen LogP) is 3.98. The third-order valence-electron chi connectivity index (χ3n) is 7.93. The maximum Gasteiger partial charge on any atom is 0.312 e. The smallest absolute Gasteiger partial charge is 0.312 e. The first-order valence-electron chi connectivity index (χ1n) is 11.0. The molecule has 1 aromatic carbocycles. The van der Waals surface area contributed by atoms with Crippen molar-refractivity contribution in [3.63, 3.8) is 0 Å². The Morgan fingerprint density at radius 2 is 1.79 bits per heavy atom. The van der Waals surface area contributed by atoms with Gasteiger partial charge in [0.15, 0.2) is 6.61 Å². The van der Waals surface area contributed by atoms with Crippen molar-refractivity contribution in [3.05, 3.63) is 35.9 Å². The van der Waals surface area contributed by atoms with Crippen LogP contribution in [0.2, 0.25) is 0 Å². The van der Waals surface area contributed by atoms with Crippen molar-refractivity contribution in [1.82, 2.24) is 5.32 Å². The molecule has 0 spiro atoms. The molecule has 1 aromatic rings. The van der Waals surface area contributed by atoms with E-state index < -0.39 is 0 Å². The number of rotatable bonds is 6. The fourth-order valence-electron chi connectivity index (χ4n) is 6.92. The van der Waals surface area contributed by atoms with Gasteiger partial charge in [0, 0.05) is 6.04 Å². The largest absolute Gasteiger partial charge is 0.455 e. The molecular weight excluding hydrogens is 350 g/mol. The van der Waals surface area contributed by atoms with E-state index in [4.69, 9.17) is 4.74 Å². The summed E-state index contributed by atoms with van der Waals surface area (Å²) < 4.78 is 5.62. The van der Waals surface area contributed by atoms with Crippen molar-refractivity contribution in [2.45, 2.75) is 69.7 Å². The molecule has 1 amide bonds. The van der Waals surface area contributed by atoms with Crippen molar-refractivity contribution < 1.29 is 14.3 Å². The maximum atomic E-state index is 13.2. The molecule has 6 rings (SSSR count). The molecule has 4 heteroatoms. The second-order valence-corrected chi connectivity index (χ2v) is 10.2. The Kier molecular flexibility index (Phi) is 4.29. The van der Waals surface area contributed by atoms with E-state index in [-0.39, 0.29) is 35.4 Å². The average molecular weight is 382 g/mol. The van der Waals surface area contributed by atoms with Crippen LogP contribution in [0.4, 0.5) is 0 Å². The number of hydrogen-bond acceptors (Lipinski definition) is 3. The number of esters is 1. The Balaban J connectivity index is 1.29. The lowest BCUT2D eigenvalue weighted by Crippen LogP contribution is -2.57. The number of carbonyl (C=O) groups is 2. The van der Waals surface area contributed by atoms with Gasteiger partial charge >= 0.3 is 5.97 Å². The van der Waals surface area contributed by atoms with Gasteiger partial charge in [-0.3, -0.25) is 9.59 Å². The zero-order valence-electron chi connectivity index (χ0n) is 16.8. The van der Waals surface area contributed by atoms with Crippen LogP contribution in [-0.2, 0) is 19.7 Å². The maximum absolute atomic E-state index is 13.2. The van der Waals surface area contributed by atoms with Crippen molar-refractivity contribution in [3.8, 4) is 0 Å². The summed E-state index contributed by atoms with van der Waals surface area (Å²) in [6.45, 7) is 1.91. The van der Waals surface area contributed by atoms with Gasteiger partial charge in [-0.15, -0.1) is 0 Å². The fourth-order valence-corrected chi connectivity index (χ4v) is 6.92. The first-order valence-corrected chi connectivity index (χ1v) is 11.0. The first-order chi connectivity index (χ1) is 13.5. The topological polar surface area (TPSA) is 55.4 Å². The summed E-state index contributed by atoms with van der Waals surface area (Å²) in [5.41, 5.74) is 1.12. The number of ether oxygens (including phenoxy) is 1. The Morgan fingerprint density at radius 1 is 1.11 bits per heavy atom. The summed E-state index contributed by atoms with van der Waals surface area (Å²) in [7, 11) is 0. The predicted molar refractivity (Wildman–Crippen MR) is 107 cm³/mol. The Labute approximate surface area is 167 Å². The lowest BCUT2D eigenvalue weighted by atomic mass is 9.43. The second kappa shape index (κ2) is 6.60. The lowest BCUT2D eigenvalue weighted by Gasteiger charge is -2.61. The number of nitrogens with one attached hydrogen (secondary N) is 1. The van der Waals surface area contributed by atoms with Gasteiger partial charge in [0.25, 0.3) is 5.91 Å². The van der Waals surface area contributed by atoms with Crippen molar-refractivity contribution in [1.29, 1.82) is 0 Å². The summed E-state index contributed by atoms with van der Waals surface area (Å²) in [5, 5.41) is 2.99. The molecule has 5 atom stereocenters. The Bertz CT molecular complexity index is 755. The van der Waals surface area contributed by atoms with Crippen LogP contribution < -0.4 is 5.32 Å². The Morgan fingerprint density at radius 3 is 2.43 bits per heavy atom. The molecule has 4 nitrogen and oxygen atoms in total. The summed E-state index contributed by atoms with van der Waals surface area (Å²) in [6.07, 6.45) is 8.79. The first kappa shape index (κ1) is 18.2. The highest BCUT2D eigenvalue weighted by Gasteiger charge is 2.61. The summed E-state index contributed by atoms with van der Waals surface area (Å²) in [4.78, 5) is 25.4. The third-order valence-corrected chi connectivity index (χ3v) is 7.93. The fraction of sp³-hybridized carbons (Fsp3) is 0.667. The molecule has 5 fully saturated rings. The van der Waals surface area contributed by atoms with Gasteiger partial charge in [-0.1, -0.05) is 30.3 Å². The van der Waals surface area contributed by atoms with E-state index in [9.17, 15) is 9.59 Å². The summed E-state index contributed by atoms with van der Waals surface area (Å²) in [6, 6.07) is 11.0. The zero-order chi connectivity index (χ0) is 19.4. The molecule has 0 heterocycles. The molecule has 2 unspecified atom stereocenters. The van der Waals surface area contributed by atoms with Gasteiger partial charge in [-0.05, 0) is 87.0 Å². The van der Waals surface area contributed by atoms with Crippen molar-refractivity contribution in [2.75, 3.05) is 6.61 Å². The van der Waals surface area contributed by atoms with Gasteiger partial charge < -0.3 is 10.1 Å². The third kappa shape index (κ3) is 3.15.